The van der Waals surface area contributed by atoms with Gasteiger partial charge in [0.1, 0.15) is 12.1 Å². The van der Waals surface area contributed by atoms with Crippen LogP contribution >= 0.6 is 0 Å². The van der Waals surface area contributed by atoms with E-state index in [0.717, 1.165) is 0 Å². The average molecular weight is 581 g/mol. The molecule has 0 heterocycles. The standard InChI is InChI=1S/C30H36N4O8/c1-15(2)25(29(39)41-5)31-13-21(35)33-19-11-7-9-17-23(19)28(38)24-18(27(17)37)10-8-12-20(24)34-22(36)14-32-26(16(3)4)30(40)42-6/h7-12,15-16,25-26,31-32H,13-14H2,1-6H3,(H,33,35)(H,34,36)/t25-,26+. The molecule has 0 saturated heterocycles. The molecule has 42 heavy (non-hydrogen) atoms. The molecular weight excluding hydrogens is 544 g/mol. The minimum atomic E-state index is -0.718. The number of hydrogen-bond donors (Lipinski definition) is 4. The van der Waals surface area contributed by atoms with Crippen molar-refractivity contribution in [1.82, 2.24) is 10.6 Å². The van der Waals surface area contributed by atoms with Gasteiger partial charge in [-0.05, 0) is 24.0 Å². The summed E-state index contributed by atoms with van der Waals surface area (Å²) >= 11 is 0. The molecule has 224 valence electrons. The van der Waals surface area contributed by atoms with Gasteiger partial charge < -0.3 is 20.1 Å². The molecule has 0 radical (unpaired) electrons. The van der Waals surface area contributed by atoms with E-state index >= 15 is 0 Å². The molecule has 4 N–H and O–H groups in total. The van der Waals surface area contributed by atoms with Crippen molar-refractivity contribution in [2.75, 3.05) is 37.9 Å². The normalized spacial score (nSPS) is 13.6. The average Bonchev–Trinajstić information content (AvgIpc) is 2.95. The number of ether oxygens (including phenoxy) is 2. The Morgan fingerprint density at radius 3 is 1.36 bits per heavy atom. The minimum absolute atomic E-state index is 0.0119. The molecular formula is C30H36N4O8. The van der Waals surface area contributed by atoms with Crippen LogP contribution in [-0.4, -0.2) is 74.7 Å². The second-order valence-corrected chi connectivity index (χ2v) is 10.5. The molecule has 0 aliphatic heterocycles. The van der Waals surface area contributed by atoms with Crippen LogP contribution in [0.25, 0.3) is 0 Å². The van der Waals surface area contributed by atoms with Gasteiger partial charge in [0.25, 0.3) is 0 Å². The first-order chi connectivity index (χ1) is 19.9. The second-order valence-electron chi connectivity index (χ2n) is 10.5. The third kappa shape index (κ3) is 7.07. The highest BCUT2D eigenvalue weighted by Crippen LogP contribution is 2.35. The molecule has 0 fully saturated rings. The van der Waals surface area contributed by atoms with Crippen LogP contribution in [0.3, 0.4) is 0 Å². The minimum Gasteiger partial charge on any atom is -0.468 e. The van der Waals surface area contributed by atoms with E-state index in [0.29, 0.717) is 0 Å². The highest BCUT2D eigenvalue weighted by atomic mass is 16.5. The zero-order chi connectivity index (χ0) is 31.1. The zero-order valence-electron chi connectivity index (χ0n) is 24.5. The van der Waals surface area contributed by atoms with Gasteiger partial charge in [-0.2, -0.15) is 0 Å². The molecule has 12 nitrogen and oxygen atoms in total. The summed E-state index contributed by atoms with van der Waals surface area (Å²) in [7, 11) is 2.52. The number of carbonyl (C=O) groups is 6. The van der Waals surface area contributed by atoms with Crippen molar-refractivity contribution in [3.8, 4) is 0 Å². The van der Waals surface area contributed by atoms with Crippen LogP contribution < -0.4 is 21.3 Å². The van der Waals surface area contributed by atoms with E-state index in [2.05, 4.69) is 21.3 Å². The summed E-state index contributed by atoms with van der Waals surface area (Å²) in [4.78, 5) is 76.9. The molecule has 0 bridgehead atoms. The van der Waals surface area contributed by atoms with E-state index in [-0.39, 0.29) is 58.6 Å². The number of rotatable bonds is 12. The number of hydrogen-bond acceptors (Lipinski definition) is 10. The van der Waals surface area contributed by atoms with Crippen LogP contribution in [0.2, 0.25) is 0 Å². The quantitative estimate of drug-likeness (QED) is 0.232. The molecule has 12 heteroatoms. The van der Waals surface area contributed by atoms with E-state index in [4.69, 9.17) is 9.47 Å². The van der Waals surface area contributed by atoms with Crippen LogP contribution in [0.15, 0.2) is 36.4 Å². The van der Waals surface area contributed by atoms with E-state index in [1.54, 1.807) is 39.8 Å². The number of amides is 2. The number of carbonyl (C=O) groups excluding carboxylic acids is 6. The Labute approximate surface area is 243 Å². The Bertz CT molecular complexity index is 1300. The summed E-state index contributed by atoms with van der Waals surface area (Å²) in [5, 5.41) is 11.0. The largest absolute Gasteiger partial charge is 0.468 e. The van der Waals surface area contributed by atoms with Gasteiger partial charge in [-0.3, -0.25) is 39.4 Å². The Hall–Kier alpha value is -4.42. The molecule has 0 unspecified atom stereocenters. The van der Waals surface area contributed by atoms with Gasteiger partial charge >= 0.3 is 11.9 Å². The van der Waals surface area contributed by atoms with E-state index < -0.39 is 47.4 Å². The summed E-state index contributed by atoms with van der Waals surface area (Å²) in [6, 6.07) is 7.64. The number of esters is 2. The molecule has 1 aliphatic carbocycles. The third-order valence-electron chi connectivity index (χ3n) is 6.83. The van der Waals surface area contributed by atoms with Crippen molar-refractivity contribution in [3.63, 3.8) is 0 Å². The van der Waals surface area contributed by atoms with Crippen LogP contribution in [0, 0.1) is 11.8 Å². The number of fused-ring (bicyclic) bond motifs is 2. The summed E-state index contributed by atoms with van der Waals surface area (Å²) in [5.74, 6) is -3.40. The smallest absolute Gasteiger partial charge is 0.323 e. The Balaban J connectivity index is 1.83. The Kier molecular flexibility index (Phi) is 10.7. The van der Waals surface area contributed by atoms with Crippen molar-refractivity contribution in [2.24, 2.45) is 11.8 Å². The van der Waals surface area contributed by atoms with Gasteiger partial charge in [0.05, 0.1) is 49.8 Å². The van der Waals surface area contributed by atoms with Crippen LogP contribution in [0.1, 0.15) is 59.5 Å². The maximum Gasteiger partial charge on any atom is 0.323 e. The molecule has 1 aliphatic rings. The predicted molar refractivity (Wildman–Crippen MR) is 154 cm³/mol. The summed E-state index contributed by atoms with van der Waals surface area (Å²) in [6.07, 6.45) is 0. The van der Waals surface area contributed by atoms with Crippen LogP contribution in [0.5, 0.6) is 0 Å². The number of nitrogens with one attached hydrogen (secondary N) is 4. The van der Waals surface area contributed by atoms with E-state index in [9.17, 15) is 28.8 Å². The van der Waals surface area contributed by atoms with E-state index in [1.165, 1.54) is 38.5 Å². The van der Waals surface area contributed by atoms with Crippen molar-refractivity contribution in [1.29, 1.82) is 0 Å². The summed E-state index contributed by atoms with van der Waals surface area (Å²) in [5.41, 5.74) is 0.419. The topological polar surface area (TPSA) is 169 Å². The van der Waals surface area contributed by atoms with Gasteiger partial charge in [0.2, 0.25) is 11.8 Å². The maximum absolute atomic E-state index is 13.8. The number of methoxy groups -OCH3 is 2. The lowest BCUT2D eigenvalue weighted by molar-refractivity contribution is -0.145. The number of ketones is 2. The van der Waals surface area contributed by atoms with Crippen molar-refractivity contribution < 1.29 is 38.2 Å². The first-order valence-corrected chi connectivity index (χ1v) is 13.5. The number of anilines is 2. The fraction of sp³-hybridized carbons (Fsp3) is 0.400. The number of benzene rings is 2. The lowest BCUT2D eigenvalue weighted by Gasteiger charge is -2.23. The molecule has 2 aromatic rings. The lowest BCUT2D eigenvalue weighted by Crippen LogP contribution is -2.45. The van der Waals surface area contributed by atoms with Gasteiger partial charge in [-0.25, -0.2) is 0 Å². The second kappa shape index (κ2) is 14.0. The predicted octanol–water partition coefficient (Wildman–Crippen LogP) is 1.91. The first kappa shape index (κ1) is 32.1. The van der Waals surface area contributed by atoms with Gasteiger partial charge in [0.15, 0.2) is 11.6 Å². The van der Waals surface area contributed by atoms with Gasteiger partial charge in [0, 0.05) is 11.1 Å². The van der Waals surface area contributed by atoms with Gasteiger partial charge in [-0.15, -0.1) is 0 Å². The van der Waals surface area contributed by atoms with Crippen LogP contribution in [-0.2, 0) is 28.7 Å². The third-order valence-corrected chi connectivity index (χ3v) is 6.83. The van der Waals surface area contributed by atoms with E-state index in [1.807, 2.05) is 0 Å². The molecule has 0 spiro atoms. The highest BCUT2D eigenvalue weighted by Gasteiger charge is 2.34. The fourth-order valence-corrected chi connectivity index (χ4v) is 4.68. The molecule has 2 aromatic carbocycles. The first-order valence-electron chi connectivity index (χ1n) is 13.5. The Morgan fingerprint density at radius 2 is 1.02 bits per heavy atom. The Morgan fingerprint density at radius 1 is 0.643 bits per heavy atom. The summed E-state index contributed by atoms with van der Waals surface area (Å²) in [6.45, 7) is 6.70. The SMILES string of the molecule is COC(=O)[C@@H](NCC(=O)Nc1cccc2c1C(=O)c1c(NC(=O)CN[C@@H](C(=O)OC)C(C)C)cccc1C2=O)C(C)C. The van der Waals surface area contributed by atoms with Crippen LogP contribution in [0.4, 0.5) is 11.4 Å². The van der Waals surface area contributed by atoms with Crippen molar-refractivity contribution in [2.45, 2.75) is 39.8 Å². The lowest BCUT2D eigenvalue weighted by atomic mass is 9.82. The van der Waals surface area contributed by atoms with Gasteiger partial charge in [-0.1, -0.05) is 52.0 Å². The maximum atomic E-state index is 13.8. The highest BCUT2D eigenvalue weighted by molar-refractivity contribution is 6.32. The van der Waals surface area contributed by atoms with Crippen molar-refractivity contribution >= 4 is 46.7 Å². The molecule has 0 saturated carbocycles. The molecule has 2 amide bonds. The van der Waals surface area contributed by atoms with Crippen molar-refractivity contribution in [3.05, 3.63) is 58.7 Å². The summed E-state index contributed by atoms with van der Waals surface area (Å²) < 4.78 is 9.56. The monoisotopic (exact) mass is 580 g/mol. The zero-order valence-corrected chi connectivity index (χ0v) is 24.5. The molecule has 2 atom stereocenters. The molecule has 3 rings (SSSR count). The molecule has 0 aromatic heterocycles. The fourth-order valence-electron chi connectivity index (χ4n) is 4.68.